The van der Waals surface area contributed by atoms with E-state index in [0.29, 0.717) is 0 Å². The molecule has 23 heavy (non-hydrogen) atoms. The van der Waals surface area contributed by atoms with Crippen molar-refractivity contribution in [3.8, 4) is 0 Å². The van der Waals surface area contributed by atoms with Crippen molar-refractivity contribution in [2.24, 2.45) is 14.1 Å². The molecule has 0 saturated heterocycles. The van der Waals surface area contributed by atoms with Crippen molar-refractivity contribution < 1.29 is 4.79 Å². The Labute approximate surface area is 139 Å². The second kappa shape index (κ2) is 5.91. The summed E-state index contributed by atoms with van der Waals surface area (Å²) in [6, 6.07) is 0. The van der Waals surface area contributed by atoms with Gasteiger partial charge in [-0.1, -0.05) is 0 Å². The Morgan fingerprint density at radius 2 is 1.96 bits per heavy atom. The van der Waals surface area contributed by atoms with Crippen molar-refractivity contribution in [1.82, 2.24) is 24.5 Å². The molecule has 0 aliphatic heterocycles. The molecule has 0 unspecified atom stereocenters. The third kappa shape index (κ3) is 2.86. The number of aryl methyl sites for hydroxylation is 2. The quantitative estimate of drug-likeness (QED) is 0.658. The minimum atomic E-state index is -0.528. The number of rotatable bonds is 3. The van der Waals surface area contributed by atoms with Gasteiger partial charge in [0, 0.05) is 28.2 Å². The molecule has 0 radical (unpaired) electrons. The summed E-state index contributed by atoms with van der Waals surface area (Å²) < 4.78 is 2.42. The fourth-order valence-corrected chi connectivity index (χ4v) is 2.45. The van der Waals surface area contributed by atoms with Gasteiger partial charge in [0.1, 0.15) is 15.8 Å². The van der Waals surface area contributed by atoms with E-state index in [1.54, 1.807) is 21.1 Å². The molecule has 0 aromatic carbocycles. The van der Waals surface area contributed by atoms with Crippen molar-refractivity contribution >= 4 is 39.0 Å². The van der Waals surface area contributed by atoms with Crippen molar-refractivity contribution in [3.05, 3.63) is 30.9 Å². The number of amides is 1. The highest BCUT2D eigenvalue weighted by Crippen LogP contribution is 2.27. The Hall–Kier alpha value is -2.56. The van der Waals surface area contributed by atoms with Gasteiger partial charge in [0.05, 0.1) is 0 Å². The molecule has 11 heteroatoms. The molecule has 2 aromatic heterocycles. The van der Waals surface area contributed by atoms with Gasteiger partial charge in [0.25, 0.3) is 17.0 Å². The molecule has 0 bridgehead atoms. The molecule has 10 nitrogen and oxygen atoms in total. The molecular formula is C12H16BrN7O3. The van der Waals surface area contributed by atoms with Gasteiger partial charge in [-0.25, -0.2) is 4.68 Å². The molecule has 1 amide bonds. The summed E-state index contributed by atoms with van der Waals surface area (Å²) in [5.74, 6) is -0.141. The minimum absolute atomic E-state index is 0.0216. The van der Waals surface area contributed by atoms with E-state index in [1.165, 1.54) is 16.6 Å². The van der Waals surface area contributed by atoms with E-state index in [4.69, 9.17) is 5.73 Å². The summed E-state index contributed by atoms with van der Waals surface area (Å²) in [5.41, 5.74) is 5.11. The van der Waals surface area contributed by atoms with Crippen LogP contribution >= 0.6 is 15.9 Å². The van der Waals surface area contributed by atoms with Gasteiger partial charge in [0.2, 0.25) is 0 Å². The van der Waals surface area contributed by atoms with E-state index < -0.39 is 11.1 Å². The molecule has 2 aromatic rings. The van der Waals surface area contributed by atoms with Crippen LogP contribution in [0.4, 0.5) is 17.2 Å². The number of hydrogen-bond acceptors (Lipinski definition) is 6. The Balaban J connectivity index is 2.55. The van der Waals surface area contributed by atoms with Gasteiger partial charge in [0.15, 0.2) is 11.5 Å². The first-order valence-corrected chi connectivity index (χ1v) is 7.24. The van der Waals surface area contributed by atoms with Crippen molar-refractivity contribution in [1.29, 1.82) is 0 Å². The van der Waals surface area contributed by atoms with Crippen LogP contribution in [0.25, 0.3) is 0 Å². The van der Waals surface area contributed by atoms with Crippen LogP contribution < -0.4 is 22.2 Å². The average molecular weight is 386 g/mol. The van der Waals surface area contributed by atoms with Crippen LogP contribution in [0.15, 0.2) is 14.1 Å². The monoisotopic (exact) mass is 385 g/mol. The minimum Gasteiger partial charge on any atom is -0.394 e. The number of nitrogens with zero attached hydrogens (tertiary/aromatic N) is 4. The lowest BCUT2D eigenvalue weighted by atomic mass is 10.3. The molecule has 2 rings (SSSR count). The van der Waals surface area contributed by atoms with Crippen LogP contribution in [0.2, 0.25) is 0 Å². The largest absolute Gasteiger partial charge is 0.394 e. The number of halogens is 1. The molecule has 4 N–H and O–H groups in total. The molecule has 0 atom stereocenters. The Kier molecular flexibility index (Phi) is 4.32. The third-order valence-corrected chi connectivity index (χ3v) is 3.88. The number of nitrogens with two attached hydrogens (primary N) is 1. The highest BCUT2D eigenvalue weighted by Gasteiger charge is 2.22. The molecule has 124 valence electrons. The average Bonchev–Trinajstić information content (AvgIpc) is 2.75. The maximum atomic E-state index is 12.0. The van der Waals surface area contributed by atoms with Crippen molar-refractivity contribution in [3.63, 3.8) is 0 Å². The number of nitrogens with one attached hydrogen (secondary N) is 2. The summed E-state index contributed by atoms with van der Waals surface area (Å²) in [6.07, 6.45) is 0. The fourth-order valence-electron chi connectivity index (χ4n) is 1.90. The predicted octanol–water partition coefficient (Wildman–Crippen LogP) is -0.403. The van der Waals surface area contributed by atoms with E-state index in [1.807, 2.05) is 0 Å². The van der Waals surface area contributed by atoms with Crippen LogP contribution in [-0.4, -0.2) is 44.5 Å². The molecule has 0 spiro atoms. The van der Waals surface area contributed by atoms with Gasteiger partial charge in [-0.15, -0.1) is 0 Å². The number of nitrogen functional groups attached to an aromatic ring is 1. The third-order valence-electron chi connectivity index (χ3n) is 3.14. The van der Waals surface area contributed by atoms with Gasteiger partial charge in [-0.2, -0.15) is 5.10 Å². The summed E-state index contributed by atoms with van der Waals surface area (Å²) in [5, 5.41) is 9.18. The topological polar surface area (TPSA) is 131 Å². The van der Waals surface area contributed by atoms with Gasteiger partial charge in [-0.05, 0) is 15.9 Å². The molecular weight excluding hydrogens is 370 g/mol. The highest BCUT2D eigenvalue weighted by atomic mass is 79.9. The maximum absolute atomic E-state index is 12.0. The molecule has 0 aliphatic carbocycles. The van der Waals surface area contributed by atoms with E-state index >= 15 is 0 Å². The normalized spacial score (nSPS) is 10.7. The van der Waals surface area contributed by atoms with Crippen molar-refractivity contribution in [2.45, 2.75) is 0 Å². The number of aromatic amines is 1. The highest BCUT2D eigenvalue weighted by molar-refractivity contribution is 9.10. The second-order valence-corrected chi connectivity index (χ2v) is 5.85. The molecule has 2 heterocycles. The number of hydrogen-bond donors (Lipinski definition) is 3. The van der Waals surface area contributed by atoms with Crippen LogP contribution in [0.3, 0.4) is 0 Å². The van der Waals surface area contributed by atoms with E-state index in [9.17, 15) is 14.4 Å². The van der Waals surface area contributed by atoms with Gasteiger partial charge < -0.3 is 16.0 Å². The zero-order valence-electron chi connectivity index (χ0n) is 13.0. The summed E-state index contributed by atoms with van der Waals surface area (Å²) >= 11 is 3.09. The number of H-pyrrole nitrogens is 1. The predicted molar refractivity (Wildman–Crippen MR) is 88.9 cm³/mol. The van der Waals surface area contributed by atoms with E-state index in [0.717, 1.165) is 4.68 Å². The van der Waals surface area contributed by atoms with Crippen molar-refractivity contribution in [2.75, 3.05) is 25.1 Å². The van der Waals surface area contributed by atoms with Crippen LogP contribution in [0, 0.1) is 0 Å². The zero-order valence-corrected chi connectivity index (χ0v) is 14.6. The number of carbonyl (C=O) groups excluding carboxylic acids is 1. The lowest BCUT2D eigenvalue weighted by Gasteiger charge is -2.10. The maximum Gasteiger partial charge on any atom is 0.287 e. The first-order valence-electron chi connectivity index (χ1n) is 6.45. The summed E-state index contributed by atoms with van der Waals surface area (Å²) in [7, 11) is 6.14. The molecule has 0 aliphatic rings. The lowest BCUT2D eigenvalue weighted by molar-refractivity contribution is 0.0822. The summed E-state index contributed by atoms with van der Waals surface area (Å²) in [6.45, 7) is 0. The lowest BCUT2D eigenvalue weighted by Crippen LogP contribution is -2.30. The van der Waals surface area contributed by atoms with Gasteiger partial charge in [-0.3, -0.25) is 24.2 Å². The second-order valence-electron chi connectivity index (χ2n) is 5.05. The molecule has 0 fully saturated rings. The SMILES string of the molecule is CN(C)C(=O)c1nn(C)c(Nc2c(Br)c(=O)n(C)[nH]c2=O)c1N. The number of aromatic nitrogens is 4. The van der Waals surface area contributed by atoms with Gasteiger partial charge >= 0.3 is 0 Å². The Morgan fingerprint density at radius 1 is 1.35 bits per heavy atom. The first-order chi connectivity index (χ1) is 10.6. The smallest absolute Gasteiger partial charge is 0.287 e. The Morgan fingerprint density at radius 3 is 2.52 bits per heavy atom. The zero-order chi connectivity index (χ0) is 17.5. The van der Waals surface area contributed by atoms with Crippen LogP contribution in [0.1, 0.15) is 10.5 Å². The standard InChI is InChI=1S/C12H16BrN7O3/c1-18(2)12(23)8-6(14)9(19(3)16-8)15-7-5(13)11(22)20(4)17-10(7)21/h15H,14H2,1-4H3,(H,17,21). The fraction of sp³-hybridized carbons (Fsp3) is 0.333. The first kappa shape index (κ1) is 16.8. The Bertz CT molecular complexity index is 893. The summed E-state index contributed by atoms with van der Waals surface area (Å²) in [4.78, 5) is 37.3. The van der Waals surface area contributed by atoms with Crippen LogP contribution in [0.5, 0.6) is 0 Å². The number of carbonyl (C=O) groups is 1. The van der Waals surface area contributed by atoms with E-state index in [-0.39, 0.29) is 33.3 Å². The van der Waals surface area contributed by atoms with Crippen LogP contribution in [-0.2, 0) is 14.1 Å². The number of anilines is 3. The van der Waals surface area contributed by atoms with E-state index in [2.05, 4.69) is 31.4 Å². The molecule has 0 saturated carbocycles.